The van der Waals surface area contributed by atoms with Gasteiger partial charge in [-0.3, -0.25) is 9.59 Å². The summed E-state index contributed by atoms with van der Waals surface area (Å²) in [5.74, 6) is -1.58. The Bertz CT molecular complexity index is 423. The molecule has 0 radical (unpaired) electrons. The first-order valence-corrected chi connectivity index (χ1v) is 7.71. The molecule has 1 heterocycles. The van der Waals surface area contributed by atoms with E-state index in [-0.39, 0.29) is 57.0 Å². The zero-order chi connectivity index (χ0) is 16.9. The van der Waals surface area contributed by atoms with Crippen molar-refractivity contribution in [3.63, 3.8) is 0 Å². The van der Waals surface area contributed by atoms with Crippen LogP contribution in [0.5, 0.6) is 0 Å². The number of amides is 2. The van der Waals surface area contributed by atoms with Gasteiger partial charge in [0.2, 0.25) is 11.8 Å². The molecule has 0 aromatic rings. The molecule has 0 saturated carbocycles. The number of carbonyl (C=O) groups is 3. The van der Waals surface area contributed by atoms with Crippen molar-refractivity contribution < 1.29 is 39.9 Å². The summed E-state index contributed by atoms with van der Waals surface area (Å²) in [6.07, 6.45) is 1.32. The Kier molecular flexibility index (Phi) is 9.59. The van der Waals surface area contributed by atoms with Crippen molar-refractivity contribution in [3.8, 4) is 0 Å². The van der Waals surface area contributed by atoms with Gasteiger partial charge in [0.05, 0.1) is 0 Å². The Labute approximate surface area is 151 Å². The van der Waals surface area contributed by atoms with Crippen molar-refractivity contribution >= 4 is 17.8 Å². The number of likely N-dealkylation sites (N-methyl/N-ethyl adjacent to an activating group) is 1. The van der Waals surface area contributed by atoms with Gasteiger partial charge in [-0.05, 0) is 18.8 Å². The molecule has 1 saturated heterocycles. The number of nitrogens with one attached hydrogen (secondary N) is 1. The van der Waals surface area contributed by atoms with E-state index in [9.17, 15) is 19.5 Å². The van der Waals surface area contributed by atoms with Crippen molar-refractivity contribution in [2.45, 2.75) is 39.2 Å². The SMILES string of the molecule is CC(C)C(C(=O)O)N(C)C(=O)C1CCN(C(=O)CC[NH-])CC1.[Pd]. The molecule has 0 aromatic heterocycles. The minimum atomic E-state index is -0.992. The maximum absolute atomic E-state index is 12.5. The van der Waals surface area contributed by atoms with Crippen LogP contribution in [0.1, 0.15) is 33.1 Å². The van der Waals surface area contributed by atoms with E-state index in [2.05, 4.69) is 0 Å². The van der Waals surface area contributed by atoms with E-state index >= 15 is 0 Å². The van der Waals surface area contributed by atoms with Crippen LogP contribution in [0.25, 0.3) is 5.73 Å². The number of carbonyl (C=O) groups excluding carboxylic acids is 2. The van der Waals surface area contributed by atoms with Crippen LogP contribution in [0.4, 0.5) is 0 Å². The summed E-state index contributed by atoms with van der Waals surface area (Å²) >= 11 is 0. The Hall–Kier alpha value is -0.968. The number of piperidine rings is 1. The maximum Gasteiger partial charge on any atom is 0.326 e. The molecule has 23 heavy (non-hydrogen) atoms. The van der Waals surface area contributed by atoms with Crippen LogP contribution in [0, 0.1) is 11.8 Å². The summed E-state index contributed by atoms with van der Waals surface area (Å²) in [5, 5.41) is 9.27. The third kappa shape index (κ3) is 5.87. The Balaban J connectivity index is 0.00000484. The quantitative estimate of drug-likeness (QED) is 0.655. The Morgan fingerprint density at radius 1 is 1.26 bits per heavy atom. The van der Waals surface area contributed by atoms with Crippen molar-refractivity contribution in [1.29, 1.82) is 0 Å². The minimum Gasteiger partial charge on any atom is -0.677 e. The second-order valence-electron chi connectivity index (χ2n) is 6.13. The Morgan fingerprint density at radius 2 is 1.78 bits per heavy atom. The van der Waals surface area contributed by atoms with E-state index in [1.807, 2.05) is 0 Å². The normalized spacial score (nSPS) is 16.7. The molecule has 1 aliphatic rings. The van der Waals surface area contributed by atoms with Crippen molar-refractivity contribution in [1.82, 2.24) is 9.80 Å². The van der Waals surface area contributed by atoms with Gasteiger partial charge < -0.3 is 20.6 Å². The first-order valence-electron chi connectivity index (χ1n) is 7.71. The van der Waals surface area contributed by atoms with Gasteiger partial charge in [-0.1, -0.05) is 13.8 Å². The molecule has 0 bridgehead atoms. The molecule has 1 atom stereocenters. The molecule has 8 heteroatoms. The zero-order valence-electron chi connectivity index (χ0n) is 13.9. The Morgan fingerprint density at radius 3 is 2.17 bits per heavy atom. The smallest absolute Gasteiger partial charge is 0.326 e. The van der Waals surface area contributed by atoms with Crippen LogP contribution >= 0.6 is 0 Å². The van der Waals surface area contributed by atoms with Gasteiger partial charge in [0.25, 0.3) is 0 Å². The van der Waals surface area contributed by atoms with Crippen molar-refractivity contribution in [2.24, 2.45) is 11.8 Å². The number of aliphatic carboxylic acids is 1. The van der Waals surface area contributed by atoms with Gasteiger partial charge >= 0.3 is 5.97 Å². The third-order valence-corrected chi connectivity index (χ3v) is 4.19. The average Bonchev–Trinajstić information content (AvgIpc) is 2.46. The second-order valence-corrected chi connectivity index (χ2v) is 6.13. The predicted octanol–water partition coefficient (Wildman–Crippen LogP) is 1.23. The third-order valence-electron chi connectivity index (χ3n) is 4.19. The van der Waals surface area contributed by atoms with E-state index in [0.717, 1.165) is 0 Å². The van der Waals surface area contributed by atoms with Gasteiger partial charge in [-0.2, -0.15) is 0 Å². The summed E-state index contributed by atoms with van der Waals surface area (Å²) < 4.78 is 0. The fourth-order valence-corrected chi connectivity index (χ4v) is 2.96. The molecule has 1 fully saturated rings. The molecule has 7 nitrogen and oxygen atoms in total. The van der Waals surface area contributed by atoms with Crippen LogP contribution in [0.2, 0.25) is 0 Å². The molecule has 1 aliphatic heterocycles. The first kappa shape index (κ1) is 22.0. The fourth-order valence-electron chi connectivity index (χ4n) is 2.96. The minimum absolute atomic E-state index is 0. The van der Waals surface area contributed by atoms with Crippen LogP contribution in [0.15, 0.2) is 0 Å². The molecule has 1 unspecified atom stereocenters. The number of hydrogen-bond acceptors (Lipinski definition) is 3. The van der Waals surface area contributed by atoms with E-state index in [0.29, 0.717) is 25.9 Å². The molecule has 0 aliphatic carbocycles. The van der Waals surface area contributed by atoms with Crippen LogP contribution in [-0.2, 0) is 34.8 Å². The monoisotopic (exact) mass is 418 g/mol. The molecule has 136 valence electrons. The van der Waals surface area contributed by atoms with E-state index in [1.165, 1.54) is 4.90 Å². The summed E-state index contributed by atoms with van der Waals surface area (Å²) in [6.45, 7) is 4.65. The number of hydrogen-bond donors (Lipinski definition) is 1. The predicted molar refractivity (Wildman–Crippen MR) is 82.1 cm³/mol. The van der Waals surface area contributed by atoms with Gasteiger partial charge in [-0.25, -0.2) is 4.79 Å². The molecule has 2 N–H and O–H groups in total. The average molecular weight is 419 g/mol. The van der Waals surface area contributed by atoms with Gasteiger partial charge in [0, 0.05) is 52.9 Å². The largest absolute Gasteiger partial charge is 0.677 e. The van der Waals surface area contributed by atoms with E-state index in [4.69, 9.17) is 5.73 Å². The second kappa shape index (κ2) is 10.0. The standard InChI is InChI=1S/C15H26N3O4.Pd/c1-10(2)13(15(21)22)17(3)14(20)11-5-8-18(9-6-11)12(19)4-7-16;/h10-11,13,16H,4-9H2,1-3H3,(H,21,22);/q-1;. The number of rotatable bonds is 6. The fraction of sp³-hybridized carbons (Fsp3) is 0.800. The van der Waals surface area contributed by atoms with Crippen LogP contribution in [0.3, 0.4) is 0 Å². The molecule has 2 amide bonds. The zero-order valence-corrected chi connectivity index (χ0v) is 15.4. The molecular formula is C15H26N3O4Pd-. The molecular weight excluding hydrogens is 393 g/mol. The number of nitrogens with zero attached hydrogens (tertiary/aromatic N) is 2. The van der Waals surface area contributed by atoms with Crippen LogP contribution < -0.4 is 0 Å². The molecule has 1 rings (SSSR count). The first-order chi connectivity index (χ1) is 10.3. The summed E-state index contributed by atoms with van der Waals surface area (Å²) in [6, 6.07) is -0.824. The van der Waals surface area contributed by atoms with Crippen molar-refractivity contribution in [3.05, 3.63) is 5.73 Å². The van der Waals surface area contributed by atoms with E-state index in [1.54, 1.807) is 25.8 Å². The summed E-state index contributed by atoms with van der Waals surface area (Å²) in [7, 11) is 1.54. The van der Waals surface area contributed by atoms with E-state index < -0.39 is 12.0 Å². The summed E-state index contributed by atoms with van der Waals surface area (Å²) in [4.78, 5) is 38.5. The van der Waals surface area contributed by atoms with Gasteiger partial charge in [-0.15, -0.1) is 6.54 Å². The maximum atomic E-state index is 12.5. The van der Waals surface area contributed by atoms with Crippen LogP contribution in [-0.4, -0.2) is 65.4 Å². The number of carboxylic acid groups (broad SMARTS) is 1. The topological polar surface area (TPSA) is 102 Å². The molecule has 0 aromatic carbocycles. The van der Waals surface area contributed by atoms with Crippen molar-refractivity contribution in [2.75, 3.05) is 26.7 Å². The van der Waals surface area contributed by atoms with Gasteiger partial charge in [0.15, 0.2) is 0 Å². The number of carboxylic acids is 1. The molecule has 0 spiro atoms. The van der Waals surface area contributed by atoms with Gasteiger partial charge in [0.1, 0.15) is 6.04 Å². The number of likely N-dealkylation sites (tertiary alicyclic amines) is 1. The summed E-state index contributed by atoms with van der Waals surface area (Å²) in [5.41, 5.74) is 7.08.